The Morgan fingerprint density at radius 2 is 2.28 bits per heavy atom. The summed E-state index contributed by atoms with van der Waals surface area (Å²) in [6.45, 7) is 4.33. The lowest BCUT2D eigenvalue weighted by atomic mass is 10.1. The molecule has 3 aliphatic rings. The first-order valence-corrected chi connectivity index (χ1v) is 6.53. The molecule has 0 amide bonds. The topological polar surface area (TPSA) is 55.8 Å². The molecule has 2 aliphatic heterocycles. The van der Waals surface area contributed by atoms with E-state index >= 15 is 0 Å². The number of rotatable bonds is 3. The number of fused-ring (bicyclic) bond motifs is 1. The van der Waals surface area contributed by atoms with Gasteiger partial charge in [0.25, 0.3) is 0 Å². The first kappa shape index (κ1) is 13.8. The number of thiocarbonyl (C=S) groups is 1. The van der Waals surface area contributed by atoms with Gasteiger partial charge in [-0.2, -0.15) is 0 Å². The van der Waals surface area contributed by atoms with Crippen molar-refractivity contribution in [3.63, 3.8) is 0 Å². The average Bonchev–Trinajstić information content (AvgIpc) is 3.03. The van der Waals surface area contributed by atoms with Gasteiger partial charge >= 0.3 is 5.97 Å². The zero-order chi connectivity index (χ0) is 12.0. The minimum atomic E-state index is -0.664. The maximum atomic E-state index is 11.2. The lowest BCUT2D eigenvalue weighted by molar-refractivity contribution is -0.143. The van der Waals surface area contributed by atoms with Crippen molar-refractivity contribution in [3.8, 4) is 0 Å². The van der Waals surface area contributed by atoms with Gasteiger partial charge in [0.05, 0.1) is 11.5 Å². The zero-order valence-electron chi connectivity index (χ0n) is 10.1. The average molecular weight is 292 g/mol. The molecular formula is C11H18ClN3O2S. The number of halogens is 1. The van der Waals surface area contributed by atoms with Crippen LogP contribution in [0.1, 0.15) is 12.8 Å². The molecule has 0 aromatic heterocycles. The molecule has 7 heteroatoms. The summed E-state index contributed by atoms with van der Waals surface area (Å²) in [6.07, 6.45) is 1.59. The summed E-state index contributed by atoms with van der Waals surface area (Å²) >= 11 is 5.45. The molecule has 2 saturated heterocycles. The van der Waals surface area contributed by atoms with Gasteiger partial charge in [-0.1, -0.05) is 0 Å². The highest BCUT2D eigenvalue weighted by molar-refractivity contribution is 7.80. The number of hydrogen-bond donors (Lipinski definition) is 2. The Kier molecular flexibility index (Phi) is 3.71. The van der Waals surface area contributed by atoms with Crippen LogP contribution in [0.15, 0.2) is 0 Å². The van der Waals surface area contributed by atoms with Gasteiger partial charge in [-0.05, 0) is 25.1 Å². The van der Waals surface area contributed by atoms with E-state index in [2.05, 4.69) is 15.1 Å². The number of carbonyl (C=O) groups is 1. The minimum absolute atomic E-state index is 0. The third kappa shape index (κ3) is 2.17. The predicted octanol–water partition coefficient (Wildman–Crippen LogP) is 0.147. The van der Waals surface area contributed by atoms with Gasteiger partial charge in [0, 0.05) is 32.7 Å². The summed E-state index contributed by atoms with van der Waals surface area (Å²) in [5, 5.41) is 13.4. The molecule has 0 spiro atoms. The number of aliphatic carboxylic acids is 1. The number of nitrogens with zero attached hydrogens (tertiary/aromatic N) is 2. The van der Waals surface area contributed by atoms with E-state index in [1.54, 1.807) is 0 Å². The van der Waals surface area contributed by atoms with Crippen LogP contribution in [0.25, 0.3) is 0 Å². The van der Waals surface area contributed by atoms with Gasteiger partial charge in [-0.25, -0.2) is 0 Å². The maximum Gasteiger partial charge on any atom is 0.311 e. The van der Waals surface area contributed by atoms with Gasteiger partial charge in [0.1, 0.15) is 0 Å². The Bertz CT molecular complexity index is 375. The van der Waals surface area contributed by atoms with Crippen molar-refractivity contribution >= 4 is 35.7 Å². The zero-order valence-corrected chi connectivity index (χ0v) is 11.7. The van der Waals surface area contributed by atoms with E-state index in [1.165, 1.54) is 0 Å². The molecule has 0 bridgehead atoms. The maximum absolute atomic E-state index is 11.2. The molecular weight excluding hydrogens is 274 g/mol. The molecule has 1 saturated carbocycles. The van der Waals surface area contributed by atoms with Crippen molar-refractivity contribution in [2.45, 2.75) is 18.9 Å². The summed E-state index contributed by atoms with van der Waals surface area (Å²) < 4.78 is 0. The van der Waals surface area contributed by atoms with Crippen molar-refractivity contribution in [1.82, 2.24) is 15.1 Å². The fourth-order valence-corrected chi connectivity index (χ4v) is 3.16. The highest BCUT2D eigenvalue weighted by Gasteiger charge is 2.53. The molecule has 0 aromatic carbocycles. The van der Waals surface area contributed by atoms with Gasteiger partial charge in [-0.15, -0.1) is 12.4 Å². The van der Waals surface area contributed by atoms with Crippen LogP contribution in [-0.2, 0) is 4.79 Å². The Labute approximate surface area is 118 Å². The molecule has 2 N–H and O–H groups in total. The van der Waals surface area contributed by atoms with Crippen LogP contribution < -0.4 is 5.32 Å². The first-order chi connectivity index (χ1) is 8.12. The summed E-state index contributed by atoms with van der Waals surface area (Å²) in [5.41, 5.74) is -0.508. The number of nitrogens with one attached hydrogen (secondary N) is 1. The molecule has 2 heterocycles. The normalized spacial score (nSPS) is 28.7. The van der Waals surface area contributed by atoms with Gasteiger partial charge in [-0.3, -0.25) is 4.79 Å². The summed E-state index contributed by atoms with van der Waals surface area (Å²) in [7, 11) is 0. The summed E-state index contributed by atoms with van der Waals surface area (Å²) in [6, 6.07) is 0.431. The van der Waals surface area contributed by atoms with Crippen molar-refractivity contribution < 1.29 is 9.90 Å². The molecule has 3 fully saturated rings. The minimum Gasteiger partial charge on any atom is -0.481 e. The predicted molar refractivity (Wildman–Crippen MR) is 74.1 cm³/mol. The van der Waals surface area contributed by atoms with Crippen LogP contribution >= 0.6 is 24.6 Å². The fourth-order valence-electron chi connectivity index (χ4n) is 2.78. The Balaban J connectivity index is 0.00000120. The molecule has 0 unspecified atom stereocenters. The first-order valence-electron chi connectivity index (χ1n) is 6.12. The Morgan fingerprint density at radius 1 is 1.56 bits per heavy atom. The van der Waals surface area contributed by atoms with E-state index in [0.717, 1.165) is 44.1 Å². The molecule has 0 radical (unpaired) electrons. The van der Waals surface area contributed by atoms with Crippen molar-refractivity contribution in [2.75, 3.05) is 32.7 Å². The van der Waals surface area contributed by atoms with Crippen LogP contribution in [0.2, 0.25) is 0 Å². The van der Waals surface area contributed by atoms with Crippen LogP contribution in [0.4, 0.5) is 0 Å². The molecule has 1 aliphatic carbocycles. The second-order valence-corrected chi connectivity index (χ2v) is 5.67. The Hall–Kier alpha value is -0.590. The molecule has 1 atom stereocenters. The fraction of sp³-hybridized carbons (Fsp3) is 0.818. The van der Waals surface area contributed by atoms with Gasteiger partial charge in [0.2, 0.25) is 0 Å². The quantitative estimate of drug-likeness (QED) is 0.722. The van der Waals surface area contributed by atoms with Crippen molar-refractivity contribution in [1.29, 1.82) is 0 Å². The lowest BCUT2D eigenvalue weighted by Crippen LogP contribution is -2.49. The SMILES string of the molecule is Cl.O=C(O)C1(CN2C[C@H]3CNCCN3C2=S)CC1. The molecule has 102 valence electrons. The van der Waals surface area contributed by atoms with Crippen LogP contribution in [-0.4, -0.2) is 64.8 Å². The van der Waals surface area contributed by atoms with Crippen molar-refractivity contribution in [3.05, 3.63) is 0 Å². The summed E-state index contributed by atoms with van der Waals surface area (Å²) in [5.74, 6) is -0.664. The third-order valence-electron chi connectivity index (χ3n) is 4.10. The van der Waals surface area contributed by atoms with Crippen LogP contribution in [0.5, 0.6) is 0 Å². The highest BCUT2D eigenvalue weighted by Crippen LogP contribution is 2.47. The smallest absolute Gasteiger partial charge is 0.311 e. The largest absolute Gasteiger partial charge is 0.481 e. The van der Waals surface area contributed by atoms with E-state index in [-0.39, 0.29) is 12.4 Å². The molecule has 0 aromatic rings. The number of hydrogen-bond acceptors (Lipinski definition) is 3. The monoisotopic (exact) mass is 291 g/mol. The van der Waals surface area contributed by atoms with E-state index in [1.807, 2.05) is 0 Å². The summed E-state index contributed by atoms with van der Waals surface area (Å²) in [4.78, 5) is 15.5. The Morgan fingerprint density at radius 3 is 2.83 bits per heavy atom. The highest BCUT2D eigenvalue weighted by atomic mass is 35.5. The van der Waals surface area contributed by atoms with Crippen molar-refractivity contribution in [2.24, 2.45) is 5.41 Å². The van der Waals surface area contributed by atoms with E-state index in [9.17, 15) is 9.90 Å². The van der Waals surface area contributed by atoms with Crippen LogP contribution in [0, 0.1) is 5.41 Å². The second-order valence-electron chi connectivity index (χ2n) is 5.30. The number of carboxylic acids is 1. The van der Waals surface area contributed by atoms with E-state index in [4.69, 9.17) is 12.2 Å². The number of carboxylic acid groups (broad SMARTS) is 1. The molecule has 5 nitrogen and oxygen atoms in total. The second kappa shape index (κ2) is 4.83. The van der Waals surface area contributed by atoms with E-state index < -0.39 is 11.4 Å². The third-order valence-corrected chi connectivity index (χ3v) is 4.59. The standard InChI is InChI=1S/C11H17N3O2S.ClH/c15-9(16)11(1-2-11)7-13-6-8-5-12-3-4-14(8)10(13)17;/h8,12H,1-7H2,(H,15,16);1H/t8-;/m1./s1. The number of piperazine rings is 1. The van der Waals surface area contributed by atoms with Crippen LogP contribution in [0.3, 0.4) is 0 Å². The molecule has 3 rings (SSSR count). The van der Waals surface area contributed by atoms with Gasteiger partial charge in [0.15, 0.2) is 5.11 Å². The van der Waals surface area contributed by atoms with E-state index in [0.29, 0.717) is 12.6 Å². The lowest BCUT2D eigenvalue weighted by Gasteiger charge is -2.30. The van der Waals surface area contributed by atoms with Gasteiger partial charge < -0.3 is 20.2 Å². The molecule has 18 heavy (non-hydrogen) atoms.